The number of hydrogen-bond acceptors (Lipinski definition) is 4. The molecule has 1 unspecified atom stereocenters. The molecule has 6 nitrogen and oxygen atoms in total. The largest absolute Gasteiger partial charge is 0.492 e. The van der Waals surface area contributed by atoms with E-state index in [0.29, 0.717) is 25.3 Å². The molecule has 36 heavy (non-hydrogen) atoms. The highest BCUT2D eigenvalue weighted by Crippen LogP contribution is 2.32. The van der Waals surface area contributed by atoms with Crippen LogP contribution in [0, 0.1) is 12.7 Å². The molecule has 1 saturated heterocycles. The van der Waals surface area contributed by atoms with Crippen LogP contribution < -0.4 is 9.64 Å². The third kappa shape index (κ3) is 4.78. The summed E-state index contributed by atoms with van der Waals surface area (Å²) in [5, 5.41) is 0. The Balaban J connectivity index is 1.36. The van der Waals surface area contributed by atoms with Gasteiger partial charge < -0.3 is 18.9 Å². The van der Waals surface area contributed by atoms with Gasteiger partial charge in [0.05, 0.1) is 18.0 Å². The number of anilines is 1. The van der Waals surface area contributed by atoms with Crippen molar-refractivity contribution in [1.29, 1.82) is 0 Å². The first-order valence-corrected chi connectivity index (χ1v) is 12.5. The first-order valence-electron chi connectivity index (χ1n) is 12.5. The minimum atomic E-state index is -0.437. The number of benzene rings is 2. The molecule has 2 aromatic carbocycles. The predicted molar refractivity (Wildman–Crippen MR) is 139 cm³/mol. The Morgan fingerprint density at radius 3 is 2.58 bits per heavy atom. The Bertz CT molecular complexity index is 1360. The molecule has 5 rings (SSSR count). The second-order valence-electron chi connectivity index (χ2n) is 9.16. The number of halogens is 1. The molecule has 3 heterocycles. The molecule has 1 aliphatic rings. The van der Waals surface area contributed by atoms with Gasteiger partial charge in [0.2, 0.25) is 5.91 Å². The van der Waals surface area contributed by atoms with Crippen LogP contribution in [-0.2, 0) is 4.79 Å². The molecule has 1 aliphatic heterocycles. The van der Waals surface area contributed by atoms with Crippen LogP contribution in [0.1, 0.15) is 36.1 Å². The molecule has 1 amide bonds. The number of pyridine rings is 1. The summed E-state index contributed by atoms with van der Waals surface area (Å²) in [4.78, 5) is 22.2. The van der Waals surface area contributed by atoms with Crippen LogP contribution in [0.4, 0.5) is 10.1 Å². The number of hydrogen-bond donors (Lipinski definition) is 0. The quantitative estimate of drug-likeness (QED) is 0.367. The van der Waals surface area contributed by atoms with Crippen LogP contribution >= 0.6 is 0 Å². The topological polar surface area (TPSA) is 50.1 Å². The fourth-order valence-electron chi connectivity index (χ4n) is 4.99. The second-order valence-corrected chi connectivity index (χ2v) is 9.16. The van der Waals surface area contributed by atoms with Crippen molar-refractivity contribution in [3.05, 3.63) is 95.7 Å². The van der Waals surface area contributed by atoms with Crippen LogP contribution in [-0.4, -0.2) is 53.0 Å². The first kappa shape index (κ1) is 23.9. The number of carbonyl (C=O) groups is 1. The van der Waals surface area contributed by atoms with Crippen molar-refractivity contribution in [2.45, 2.75) is 26.2 Å². The number of amides is 1. The third-order valence-electron chi connectivity index (χ3n) is 6.85. The fraction of sp³-hybridized carbons (Fsp3) is 0.310. The normalized spacial score (nSPS) is 14.8. The maximum Gasteiger partial charge on any atom is 0.223 e. The van der Waals surface area contributed by atoms with E-state index in [4.69, 9.17) is 4.74 Å². The zero-order valence-electron chi connectivity index (χ0n) is 20.7. The lowest BCUT2D eigenvalue weighted by atomic mass is 9.91. The molecule has 1 fully saturated rings. The van der Waals surface area contributed by atoms with Crippen LogP contribution in [0.2, 0.25) is 0 Å². The lowest BCUT2D eigenvalue weighted by molar-refractivity contribution is -0.131. The van der Waals surface area contributed by atoms with Crippen LogP contribution in [0.5, 0.6) is 5.75 Å². The van der Waals surface area contributed by atoms with Gasteiger partial charge >= 0.3 is 0 Å². The van der Waals surface area contributed by atoms with Gasteiger partial charge in [-0.3, -0.25) is 4.79 Å². The molecule has 0 spiro atoms. The summed E-state index contributed by atoms with van der Waals surface area (Å²) in [7, 11) is 0. The molecule has 1 atom stereocenters. The van der Waals surface area contributed by atoms with E-state index in [-0.39, 0.29) is 18.1 Å². The van der Waals surface area contributed by atoms with E-state index in [0.717, 1.165) is 41.4 Å². The average Bonchev–Trinajstić information content (AvgIpc) is 3.31. The smallest absolute Gasteiger partial charge is 0.223 e. The highest BCUT2D eigenvalue weighted by atomic mass is 19.1. The number of aromatic nitrogens is 2. The molecule has 4 aromatic rings. The Morgan fingerprint density at radius 2 is 1.81 bits per heavy atom. The van der Waals surface area contributed by atoms with Crippen LogP contribution in [0.25, 0.3) is 5.65 Å². The van der Waals surface area contributed by atoms with Gasteiger partial charge in [0.1, 0.15) is 17.2 Å². The molecule has 0 N–H and O–H groups in total. The number of piperazine rings is 1. The van der Waals surface area contributed by atoms with Crippen molar-refractivity contribution < 1.29 is 13.9 Å². The molecule has 0 aliphatic carbocycles. The third-order valence-corrected chi connectivity index (χ3v) is 6.85. The zero-order valence-corrected chi connectivity index (χ0v) is 20.7. The SMILES string of the molecule is CCOc1ccccc1N1CCN(C(=O)CC(c2ccccc2F)c2cnc3cc(C)ccn23)CC1. The van der Waals surface area contributed by atoms with Crippen LogP contribution in [0.15, 0.2) is 73.1 Å². The first-order chi connectivity index (χ1) is 17.5. The average molecular weight is 487 g/mol. The van der Waals surface area contributed by atoms with Gasteiger partial charge in [-0.25, -0.2) is 9.37 Å². The van der Waals surface area contributed by atoms with Crippen molar-refractivity contribution in [2.24, 2.45) is 0 Å². The summed E-state index contributed by atoms with van der Waals surface area (Å²) in [5.74, 6) is 0.133. The minimum Gasteiger partial charge on any atom is -0.492 e. The maximum absolute atomic E-state index is 15.0. The number of nitrogens with zero attached hydrogens (tertiary/aromatic N) is 4. The maximum atomic E-state index is 15.0. The van der Waals surface area contributed by atoms with Gasteiger partial charge in [0.25, 0.3) is 0 Å². The van der Waals surface area contributed by atoms with Crippen molar-refractivity contribution in [1.82, 2.24) is 14.3 Å². The van der Waals surface area contributed by atoms with E-state index in [1.54, 1.807) is 18.3 Å². The molecule has 0 radical (unpaired) electrons. The number of aryl methyl sites for hydroxylation is 1. The number of para-hydroxylation sites is 2. The Morgan fingerprint density at radius 1 is 1.06 bits per heavy atom. The van der Waals surface area contributed by atoms with Gasteiger partial charge in [-0.2, -0.15) is 0 Å². The van der Waals surface area contributed by atoms with Crippen molar-refractivity contribution in [2.75, 3.05) is 37.7 Å². The molecule has 0 saturated carbocycles. The van der Waals surface area contributed by atoms with Gasteiger partial charge in [0, 0.05) is 50.9 Å². The van der Waals surface area contributed by atoms with E-state index < -0.39 is 5.92 Å². The number of carbonyl (C=O) groups excluding carboxylic acids is 1. The standard InChI is InChI=1S/C29H31FN4O2/c1-3-36-27-11-7-6-10-25(27)32-14-16-33(17-15-32)29(35)19-23(22-8-4-5-9-24(22)30)26-20-31-28-18-21(2)12-13-34(26)28/h4-13,18,20,23H,3,14-17,19H2,1-2H3. The zero-order chi connectivity index (χ0) is 25.1. The number of fused-ring (bicyclic) bond motifs is 1. The molecule has 0 bridgehead atoms. The summed E-state index contributed by atoms with van der Waals surface area (Å²) in [5.41, 5.74) is 4.27. The van der Waals surface area contributed by atoms with E-state index in [9.17, 15) is 9.18 Å². The number of rotatable bonds is 7. The summed E-state index contributed by atoms with van der Waals surface area (Å²) in [6, 6.07) is 18.7. The predicted octanol–water partition coefficient (Wildman–Crippen LogP) is 5.05. The second kappa shape index (κ2) is 10.4. The van der Waals surface area contributed by atoms with Gasteiger partial charge in [-0.1, -0.05) is 30.3 Å². The number of imidazole rings is 1. The van der Waals surface area contributed by atoms with E-state index in [1.807, 2.05) is 65.7 Å². The summed E-state index contributed by atoms with van der Waals surface area (Å²) < 4.78 is 22.7. The van der Waals surface area contributed by atoms with Crippen molar-refractivity contribution in [3.63, 3.8) is 0 Å². The van der Waals surface area contributed by atoms with E-state index in [2.05, 4.69) is 16.0 Å². The Labute approximate surface area is 210 Å². The van der Waals surface area contributed by atoms with E-state index >= 15 is 0 Å². The Hall–Kier alpha value is -3.87. The van der Waals surface area contributed by atoms with Crippen LogP contribution in [0.3, 0.4) is 0 Å². The summed E-state index contributed by atoms with van der Waals surface area (Å²) in [6.07, 6.45) is 3.89. The van der Waals surface area contributed by atoms with Gasteiger partial charge in [-0.15, -0.1) is 0 Å². The van der Waals surface area contributed by atoms with Crippen molar-refractivity contribution in [3.8, 4) is 5.75 Å². The lowest BCUT2D eigenvalue weighted by Gasteiger charge is -2.37. The molecule has 186 valence electrons. The molecular weight excluding hydrogens is 455 g/mol. The minimum absolute atomic E-state index is 0.0167. The monoisotopic (exact) mass is 486 g/mol. The fourth-order valence-corrected chi connectivity index (χ4v) is 4.99. The highest BCUT2D eigenvalue weighted by Gasteiger charge is 2.29. The number of ether oxygens (including phenoxy) is 1. The highest BCUT2D eigenvalue weighted by molar-refractivity contribution is 5.78. The molecule has 2 aromatic heterocycles. The van der Waals surface area contributed by atoms with E-state index in [1.165, 1.54) is 6.07 Å². The Kier molecular flexibility index (Phi) is 6.89. The lowest BCUT2D eigenvalue weighted by Crippen LogP contribution is -2.49. The molecular formula is C29H31FN4O2. The van der Waals surface area contributed by atoms with Gasteiger partial charge in [-0.05, 0) is 55.3 Å². The summed E-state index contributed by atoms with van der Waals surface area (Å²) >= 11 is 0. The van der Waals surface area contributed by atoms with Crippen molar-refractivity contribution >= 4 is 17.2 Å². The van der Waals surface area contributed by atoms with Gasteiger partial charge in [0.15, 0.2) is 0 Å². The summed E-state index contributed by atoms with van der Waals surface area (Å²) in [6.45, 7) is 7.24. The molecule has 7 heteroatoms.